The van der Waals surface area contributed by atoms with Gasteiger partial charge in [0, 0.05) is 4.47 Å². The summed E-state index contributed by atoms with van der Waals surface area (Å²) in [6.45, 7) is 5.83. The first-order valence-electron chi connectivity index (χ1n) is 6.93. The molecule has 3 rings (SSSR count). The third-order valence-corrected chi connectivity index (χ3v) is 6.96. The molecule has 0 bridgehead atoms. The van der Waals surface area contributed by atoms with Gasteiger partial charge in [-0.15, -0.1) is 0 Å². The van der Waals surface area contributed by atoms with E-state index in [0.717, 1.165) is 26.9 Å². The molecular formula is C16H15BrN2O2S2. The van der Waals surface area contributed by atoms with Crippen molar-refractivity contribution in [2.75, 3.05) is 4.72 Å². The Morgan fingerprint density at radius 1 is 1.09 bits per heavy atom. The summed E-state index contributed by atoms with van der Waals surface area (Å²) in [6, 6.07) is 9.33. The Morgan fingerprint density at radius 3 is 2.52 bits per heavy atom. The van der Waals surface area contributed by atoms with E-state index in [9.17, 15) is 8.42 Å². The maximum atomic E-state index is 12.7. The molecule has 0 saturated carbocycles. The summed E-state index contributed by atoms with van der Waals surface area (Å²) < 4.78 is 29.4. The number of thiazole rings is 1. The highest BCUT2D eigenvalue weighted by molar-refractivity contribution is 9.10. The van der Waals surface area contributed by atoms with Crippen LogP contribution in [0.15, 0.2) is 39.7 Å². The normalized spacial score (nSPS) is 11.8. The predicted molar refractivity (Wildman–Crippen MR) is 98.8 cm³/mol. The van der Waals surface area contributed by atoms with Crippen molar-refractivity contribution in [3.8, 4) is 0 Å². The van der Waals surface area contributed by atoms with E-state index in [0.29, 0.717) is 9.60 Å². The van der Waals surface area contributed by atoms with Crippen molar-refractivity contribution in [2.45, 2.75) is 25.7 Å². The van der Waals surface area contributed by atoms with Crippen LogP contribution in [0.25, 0.3) is 10.2 Å². The number of aryl methyl sites for hydroxylation is 3. The predicted octanol–water partition coefficient (Wildman–Crippen LogP) is 4.78. The van der Waals surface area contributed by atoms with Crippen molar-refractivity contribution in [3.05, 3.63) is 51.5 Å². The molecule has 0 aliphatic heterocycles. The second-order valence-electron chi connectivity index (χ2n) is 5.46. The van der Waals surface area contributed by atoms with Gasteiger partial charge in [0.25, 0.3) is 10.0 Å². The Morgan fingerprint density at radius 2 is 1.78 bits per heavy atom. The van der Waals surface area contributed by atoms with Crippen molar-refractivity contribution < 1.29 is 8.42 Å². The molecule has 2 aromatic carbocycles. The monoisotopic (exact) mass is 410 g/mol. The molecule has 3 aromatic rings. The molecule has 1 aromatic heterocycles. The minimum absolute atomic E-state index is 0.219. The van der Waals surface area contributed by atoms with Crippen molar-refractivity contribution in [3.63, 3.8) is 0 Å². The lowest BCUT2D eigenvalue weighted by Gasteiger charge is -2.10. The Kier molecular flexibility index (Phi) is 4.20. The zero-order chi connectivity index (χ0) is 16.8. The number of anilines is 1. The van der Waals surface area contributed by atoms with Gasteiger partial charge in [0.05, 0.1) is 10.2 Å². The lowest BCUT2D eigenvalue weighted by molar-refractivity contribution is 0.600. The second-order valence-corrected chi connectivity index (χ2v) is 9.00. The third-order valence-electron chi connectivity index (χ3n) is 3.60. The highest BCUT2D eigenvalue weighted by Crippen LogP contribution is 2.31. The molecule has 0 aliphatic rings. The number of nitrogens with one attached hydrogen (secondary N) is 1. The van der Waals surface area contributed by atoms with Crippen molar-refractivity contribution in [1.29, 1.82) is 0 Å². The van der Waals surface area contributed by atoms with E-state index in [-0.39, 0.29) is 4.90 Å². The fraction of sp³-hybridized carbons (Fsp3) is 0.188. The van der Waals surface area contributed by atoms with Crippen LogP contribution in [0.1, 0.15) is 16.7 Å². The van der Waals surface area contributed by atoms with Gasteiger partial charge in [-0.3, -0.25) is 4.72 Å². The average Bonchev–Trinajstić information content (AvgIpc) is 2.83. The number of benzene rings is 2. The highest BCUT2D eigenvalue weighted by Gasteiger charge is 2.20. The summed E-state index contributed by atoms with van der Waals surface area (Å²) in [5.41, 5.74) is 3.87. The summed E-state index contributed by atoms with van der Waals surface area (Å²) in [5, 5.41) is 0.371. The van der Waals surface area contributed by atoms with Gasteiger partial charge in [0.15, 0.2) is 5.13 Å². The molecule has 23 heavy (non-hydrogen) atoms. The number of hydrogen-bond acceptors (Lipinski definition) is 4. The second kappa shape index (κ2) is 5.89. The van der Waals surface area contributed by atoms with Crippen LogP contribution in [-0.4, -0.2) is 13.4 Å². The summed E-state index contributed by atoms with van der Waals surface area (Å²) >= 11 is 4.67. The molecule has 120 valence electrons. The first kappa shape index (κ1) is 16.4. The van der Waals surface area contributed by atoms with Crippen molar-refractivity contribution in [2.24, 2.45) is 0 Å². The largest absolute Gasteiger partial charge is 0.264 e. The van der Waals surface area contributed by atoms with E-state index >= 15 is 0 Å². The maximum absolute atomic E-state index is 12.7. The van der Waals surface area contributed by atoms with E-state index in [1.54, 1.807) is 6.07 Å². The van der Waals surface area contributed by atoms with Crippen LogP contribution in [0.4, 0.5) is 5.13 Å². The van der Waals surface area contributed by atoms with E-state index in [1.165, 1.54) is 11.3 Å². The summed E-state index contributed by atoms with van der Waals surface area (Å²) in [4.78, 5) is 4.57. The van der Waals surface area contributed by atoms with Crippen molar-refractivity contribution >= 4 is 52.6 Å². The van der Waals surface area contributed by atoms with Gasteiger partial charge in [0.2, 0.25) is 0 Å². The number of nitrogens with zero attached hydrogens (tertiary/aromatic N) is 1. The van der Waals surface area contributed by atoms with E-state index in [2.05, 4.69) is 25.6 Å². The van der Waals surface area contributed by atoms with E-state index in [1.807, 2.05) is 45.0 Å². The highest BCUT2D eigenvalue weighted by atomic mass is 79.9. The summed E-state index contributed by atoms with van der Waals surface area (Å²) in [6.07, 6.45) is 0. The summed E-state index contributed by atoms with van der Waals surface area (Å²) in [7, 11) is -3.69. The van der Waals surface area contributed by atoms with Crippen LogP contribution in [0.3, 0.4) is 0 Å². The zero-order valence-corrected chi connectivity index (χ0v) is 16.1. The fourth-order valence-corrected chi connectivity index (χ4v) is 5.65. The van der Waals surface area contributed by atoms with Gasteiger partial charge in [-0.2, -0.15) is 0 Å². The van der Waals surface area contributed by atoms with Gasteiger partial charge in [-0.05, 0) is 77.7 Å². The van der Waals surface area contributed by atoms with E-state index < -0.39 is 10.0 Å². The molecular weight excluding hydrogens is 396 g/mol. The number of sulfonamides is 1. The molecule has 0 amide bonds. The molecule has 1 N–H and O–H groups in total. The number of hydrogen-bond donors (Lipinski definition) is 1. The molecule has 0 atom stereocenters. The maximum Gasteiger partial charge on any atom is 0.264 e. The van der Waals surface area contributed by atoms with Crippen LogP contribution < -0.4 is 4.72 Å². The van der Waals surface area contributed by atoms with Crippen LogP contribution in [0.2, 0.25) is 0 Å². The molecule has 0 fully saturated rings. The first-order valence-corrected chi connectivity index (χ1v) is 10.0. The quantitative estimate of drug-likeness (QED) is 0.675. The van der Waals surface area contributed by atoms with Gasteiger partial charge in [-0.25, -0.2) is 13.4 Å². The zero-order valence-electron chi connectivity index (χ0n) is 12.8. The van der Waals surface area contributed by atoms with Crippen molar-refractivity contribution in [1.82, 2.24) is 4.98 Å². The molecule has 4 nitrogen and oxygen atoms in total. The standard InChI is InChI=1S/C16H15BrN2O2S2/c1-9-4-5-13-14(6-9)22-16(18-13)19-23(20,21)15-8-11(3)10(2)7-12(15)17/h4-8H,1-3H3,(H,18,19). The Balaban J connectivity index is 2.01. The lowest BCUT2D eigenvalue weighted by Crippen LogP contribution is -2.13. The molecule has 0 spiro atoms. The van der Waals surface area contributed by atoms with Gasteiger partial charge < -0.3 is 0 Å². The number of fused-ring (bicyclic) bond motifs is 1. The van der Waals surface area contributed by atoms with Crippen LogP contribution in [0, 0.1) is 20.8 Å². The number of halogens is 1. The molecule has 1 heterocycles. The minimum atomic E-state index is -3.69. The number of rotatable bonds is 3. The SMILES string of the molecule is Cc1ccc2nc(NS(=O)(=O)c3cc(C)c(C)cc3Br)sc2c1. The van der Waals surface area contributed by atoms with Gasteiger partial charge in [-0.1, -0.05) is 17.4 Å². The fourth-order valence-electron chi connectivity index (χ4n) is 2.21. The Hall–Kier alpha value is -1.44. The van der Waals surface area contributed by atoms with Crippen LogP contribution in [-0.2, 0) is 10.0 Å². The van der Waals surface area contributed by atoms with Gasteiger partial charge >= 0.3 is 0 Å². The smallest absolute Gasteiger partial charge is 0.255 e. The molecule has 7 heteroatoms. The topological polar surface area (TPSA) is 59.1 Å². The Bertz CT molecular complexity index is 1010. The number of aromatic nitrogens is 1. The van der Waals surface area contributed by atoms with Crippen LogP contribution in [0.5, 0.6) is 0 Å². The molecule has 0 saturated heterocycles. The van der Waals surface area contributed by atoms with E-state index in [4.69, 9.17) is 0 Å². The van der Waals surface area contributed by atoms with Gasteiger partial charge in [0.1, 0.15) is 4.90 Å². The first-order chi connectivity index (χ1) is 10.8. The summed E-state index contributed by atoms with van der Waals surface area (Å²) in [5.74, 6) is 0. The molecule has 0 radical (unpaired) electrons. The molecule has 0 unspecified atom stereocenters. The molecule has 0 aliphatic carbocycles. The van der Waals surface area contributed by atoms with Crippen LogP contribution >= 0.6 is 27.3 Å². The lowest BCUT2D eigenvalue weighted by atomic mass is 10.1. The minimum Gasteiger partial charge on any atom is -0.255 e. The third kappa shape index (κ3) is 3.27. The average molecular weight is 411 g/mol. The Labute approximate surface area is 147 Å².